The van der Waals surface area contributed by atoms with E-state index in [9.17, 15) is 0 Å². The van der Waals surface area contributed by atoms with E-state index >= 15 is 0 Å². The van der Waals surface area contributed by atoms with Crippen LogP contribution in [0, 0.1) is 22.7 Å². The van der Waals surface area contributed by atoms with E-state index in [1.165, 1.54) is 12.2 Å². The summed E-state index contributed by atoms with van der Waals surface area (Å²) in [5, 5.41) is 16.6. The number of nitrogens with zero attached hydrogens (tertiary/aromatic N) is 2. The zero-order chi connectivity index (χ0) is 8.53. The first-order valence-electron chi connectivity index (χ1n) is 3.12. The van der Waals surface area contributed by atoms with Gasteiger partial charge < -0.3 is 0 Å². The quantitative estimate of drug-likeness (QED) is 0.347. The number of rotatable bonds is 3. The summed E-state index contributed by atoms with van der Waals surface area (Å²) in [5.41, 5.74) is 0.492. The third-order valence-corrected chi connectivity index (χ3v) is 0.971. The van der Waals surface area contributed by atoms with Crippen LogP contribution in [0.2, 0.25) is 0 Å². The van der Waals surface area contributed by atoms with E-state index in [0.29, 0.717) is 12.0 Å². The molecule has 54 valence electrons. The molecule has 0 heterocycles. The van der Waals surface area contributed by atoms with Crippen molar-refractivity contribution in [2.24, 2.45) is 0 Å². The van der Waals surface area contributed by atoms with Crippen molar-refractivity contribution in [2.75, 3.05) is 0 Å². The fraction of sp³-hybridized carbons (Fsp3) is 0.111. The summed E-state index contributed by atoms with van der Waals surface area (Å²) in [6.45, 7) is 3.50. The molecule has 0 unspecified atom stereocenters. The molecule has 0 bridgehead atoms. The molecule has 0 rings (SSSR count). The van der Waals surface area contributed by atoms with Crippen LogP contribution in [-0.2, 0) is 0 Å². The highest BCUT2D eigenvalue weighted by atomic mass is 14.7. The molecular weight excluding hydrogens is 138 g/mol. The lowest BCUT2D eigenvalue weighted by molar-refractivity contribution is 1.37. The van der Waals surface area contributed by atoms with Gasteiger partial charge in [0.25, 0.3) is 0 Å². The van der Waals surface area contributed by atoms with Crippen molar-refractivity contribution in [3.05, 3.63) is 36.5 Å². The van der Waals surface area contributed by atoms with Gasteiger partial charge in [0.05, 0.1) is 12.1 Å². The molecule has 0 radical (unpaired) electrons. The van der Waals surface area contributed by atoms with Crippen LogP contribution in [0.3, 0.4) is 0 Å². The van der Waals surface area contributed by atoms with Crippen molar-refractivity contribution in [3.8, 4) is 12.1 Å². The SMILES string of the molecule is C=CCC=C(C#N)C=[14CH]C#N. The molecule has 0 aromatic carbocycles. The second kappa shape index (κ2) is 6.32. The third-order valence-electron chi connectivity index (χ3n) is 0.971. The van der Waals surface area contributed by atoms with Gasteiger partial charge in [-0.05, 0) is 12.5 Å². The summed E-state index contributed by atoms with van der Waals surface area (Å²) in [6.07, 6.45) is 6.80. The summed E-state index contributed by atoms with van der Waals surface area (Å²) >= 11 is 0. The van der Waals surface area contributed by atoms with E-state index in [1.54, 1.807) is 12.2 Å². The fourth-order valence-electron chi connectivity index (χ4n) is 0.488. The Kier molecular flexibility index (Phi) is 5.29. The molecule has 0 saturated carbocycles. The van der Waals surface area contributed by atoms with Gasteiger partial charge >= 0.3 is 0 Å². The van der Waals surface area contributed by atoms with Gasteiger partial charge in [-0.3, -0.25) is 0 Å². The van der Waals surface area contributed by atoms with Crippen LogP contribution >= 0.6 is 0 Å². The maximum Gasteiger partial charge on any atom is 0.0988 e. The van der Waals surface area contributed by atoms with Gasteiger partial charge in [0.1, 0.15) is 0 Å². The number of allylic oxidation sites excluding steroid dienone is 5. The van der Waals surface area contributed by atoms with E-state index < -0.39 is 0 Å². The number of hydrogen-bond donors (Lipinski definition) is 0. The van der Waals surface area contributed by atoms with E-state index in [0.717, 1.165) is 0 Å². The molecule has 2 nitrogen and oxygen atoms in total. The van der Waals surface area contributed by atoms with Crippen molar-refractivity contribution in [1.29, 1.82) is 10.5 Å². The predicted molar refractivity (Wildman–Crippen MR) is 43.3 cm³/mol. The minimum atomic E-state index is 0.492. The Morgan fingerprint density at radius 3 is 2.73 bits per heavy atom. The highest BCUT2D eigenvalue weighted by Crippen LogP contribution is 1.96. The van der Waals surface area contributed by atoms with Crippen LogP contribution in [0.25, 0.3) is 0 Å². The Bertz CT molecular complexity index is 258. The van der Waals surface area contributed by atoms with Crippen LogP contribution in [0.5, 0.6) is 0 Å². The minimum Gasteiger partial charge on any atom is -0.193 e. The average Bonchev–Trinajstić information content (AvgIpc) is 2.05. The highest BCUT2D eigenvalue weighted by molar-refractivity contribution is 5.35. The lowest BCUT2D eigenvalue weighted by Gasteiger charge is -1.82. The van der Waals surface area contributed by atoms with Crippen molar-refractivity contribution in [1.82, 2.24) is 0 Å². The number of hydrogen-bond acceptors (Lipinski definition) is 2. The first-order valence-corrected chi connectivity index (χ1v) is 3.12. The first kappa shape index (κ1) is 9.20. The first-order chi connectivity index (χ1) is 5.35. The molecule has 0 fully saturated rings. The van der Waals surface area contributed by atoms with Crippen LogP contribution in [0.1, 0.15) is 6.42 Å². The Hall–Kier alpha value is -1.80. The molecular formula is C9H8N2. The van der Waals surface area contributed by atoms with Gasteiger partial charge in [-0.15, -0.1) is 6.58 Å². The molecule has 0 aromatic heterocycles. The van der Waals surface area contributed by atoms with E-state index in [4.69, 9.17) is 10.5 Å². The molecule has 0 amide bonds. The van der Waals surface area contributed by atoms with Crippen molar-refractivity contribution in [2.45, 2.75) is 6.42 Å². The molecule has 0 aliphatic heterocycles. The summed E-state index contributed by atoms with van der Waals surface area (Å²) in [5.74, 6) is 0. The third kappa shape index (κ3) is 4.69. The van der Waals surface area contributed by atoms with Gasteiger partial charge in [-0.2, -0.15) is 10.5 Å². The molecule has 0 saturated heterocycles. The van der Waals surface area contributed by atoms with E-state index in [-0.39, 0.29) is 0 Å². The molecule has 0 spiro atoms. The molecule has 0 aromatic rings. The van der Waals surface area contributed by atoms with Crippen molar-refractivity contribution >= 4 is 0 Å². The summed E-state index contributed by atoms with van der Waals surface area (Å²) < 4.78 is 0. The predicted octanol–water partition coefficient (Wildman–Crippen LogP) is 2.09. The maximum absolute atomic E-state index is 8.47. The molecule has 11 heavy (non-hydrogen) atoms. The number of nitriles is 2. The Balaban J connectivity index is 4.21. The topological polar surface area (TPSA) is 47.6 Å². The maximum atomic E-state index is 8.47. The summed E-state index contributed by atoms with van der Waals surface area (Å²) in [6, 6.07) is 3.76. The summed E-state index contributed by atoms with van der Waals surface area (Å²) in [7, 11) is 0. The molecule has 0 aliphatic carbocycles. The van der Waals surface area contributed by atoms with Gasteiger partial charge in [0, 0.05) is 11.6 Å². The standard InChI is InChI=1S/C9H8N2/c1-2-3-5-9(8-11)6-4-7-10/h2,4-6H,1,3H2/i4+2. The van der Waals surface area contributed by atoms with Crippen LogP contribution in [-0.4, -0.2) is 0 Å². The van der Waals surface area contributed by atoms with Gasteiger partial charge in [0.2, 0.25) is 0 Å². The normalized spacial score (nSPS) is 10.5. The largest absolute Gasteiger partial charge is 0.193 e. The van der Waals surface area contributed by atoms with E-state index in [2.05, 4.69) is 6.58 Å². The van der Waals surface area contributed by atoms with Gasteiger partial charge in [-0.1, -0.05) is 12.2 Å². The second-order valence-electron chi connectivity index (χ2n) is 1.76. The van der Waals surface area contributed by atoms with Crippen LogP contribution in [0.15, 0.2) is 36.5 Å². The molecule has 2 heteroatoms. The lowest BCUT2D eigenvalue weighted by atomic mass is 10.2. The van der Waals surface area contributed by atoms with Crippen LogP contribution in [0.4, 0.5) is 0 Å². The van der Waals surface area contributed by atoms with E-state index in [1.807, 2.05) is 12.1 Å². The molecule has 0 aliphatic rings. The average molecular weight is 146 g/mol. The molecule has 0 N–H and O–H groups in total. The Morgan fingerprint density at radius 1 is 1.55 bits per heavy atom. The van der Waals surface area contributed by atoms with Gasteiger partial charge in [0.15, 0.2) is 0 Å². The van der Waals surface area contributed by atoms with Crippen molar-refractivity contribution in [3.63, 3.8) is 0 Å². The monoisotopic (exact) mass is 146 g/mol. The summed E-state index contributed by atoms with van der Waals surface area (Å²) in [4.78, 5) is 0. The Morgan fingerprint density at radius 2 is 2.27 bits per heavy atom. The highest BCUT2D eigenvalue weighted by Gasteiger charge is 1.84. The fourth-order valence-corrected chi connectivity index (χ4v) is 0.488. The Labute approximate surface area is 66.4 Å². The zero-order valence-corrected chi connectivity index (χ0v) is 6.12. The smallest absolute Gasteiger partial charge is 0.0988 e. The van der Waals surface area contributed by atoms with Crippen molar-refractivity contribution < 1.29 is 0 Å². The lowest BCUT2D eigenvalue weighted by Crippen LogP contribution is -1.70. The van der Waals surface area contributed by atoms with Crippen LogP contribution < -0.4 is 0 Å². The molecule has 0 atom stereocenters. The second-order valence-corrected chi connectivity index (χ2v) is 1.76. The minimum absolute atomic E-state index is 0.492. The zero-order valence-electron chi connectivity index (χ0n) is 6.12. The van der Waals surface area contributed by atoms with Gasteiger partial charge in [-0.25, -0.2) is 0 Å².